The lowest BCUT2D eigenvalue weighted by molar-refractivity contribution is 0.473. The highest BCUT2D eigenvalue weighted by molar-refractivity contribution is 5.86. The molecule has 0 aliphatic carbocycles. The number of nitrogens with one attached hydrogen (secondary N) is 1. The molecule has 2 heterocycles. The zero-order valence-corrected chi connectivity index (χ0v) is 16.9. The van der Waals surface area contributed by atoms with Crippen molar-refractivity contribution in [1.29, 1.82) is 0 Å². The molecule has 0 saturated heterocycles. The summed E-state index contributed by atoms with van der Waals surface area (Å²) in [4.78, 5) is 8.76. The van der Waals surface area contributed by atoms with Gasteiger partial charge in [-0.05, 0) is 46.9 Å². The molecule has 29 heavy (non-hydrogen) atoms. The van der Waals surface area contributed by atoms with Crippen molar-refractivity contribution in [1.82, 2.24) is 9.97 Å². The molecule has 2 aromatic heterocycles. The van der Waals surface area contributed by atoms with E-state index in [1.807, 2.05) is 42.5 Å². The highest BCUT2D eigenvalue weighted by Crippen LogP contribution is 2.37. The molecule has 4 rings (SSSR count). The summed E-state index contributed by atoms with van der Waals surface area (Å²) >= 11 is 0. The van der Waals surface area contributed by atoms with Crippen molar-refractivity contribution in [3.8, 4) is 5.75 Å². The lowest BCUT2D eigenvalue weighted by atomic mass is 9.85. The minimum atomic E-state index is -0.247. The van der Waals surface area contributed by atoms with Crippen LogP contribution in [0.4, 0.5) is 5.82 Å². The van der Waals surface area contributed by atoms with Crippen LogP contribution in [0, 0.1) is 0 Å². The first-order valence-electron chi connectivity index (χ1n) is 9.78. The van der Waals surface area contributed by atoms with E-state index in [1.165, 1.54) is 5.56 Å². The van der Waals surface area contributed by atoms with Crippen LogP contribution in [-0.2, 0) is 5.41 Å². The summed E-state index contributed by atoms with van der Waals surface area (Å²) in [5.41, 5.74) is 3.97. The van der Waals surface area contributed by atoms with Crippen molar-refractivity contribution in [2.45, 2.75) is 32.2 Å². The Kier molecular flexibility index (Phi) is 4.93. The number of rotatable bonds is 4. The van der Waals surface area contributed by atoms with E-state index in [4.69, 9.17) is 0 Å². The second kappa shape index (κ2) is 7.55. The van der Waals surface area contributed by atoms with Gasteiger partial charge in [-0.15, -0.1) is 0 Å². The quantitative estimate of drug-likeness (QED) is 0.465. The fraction of sp³-hybridized carbons (Fsp3) is 0.200. The maximum atomic E-state index is 11.0. The summed E-state index contributed by atoms with van der Waals surface area (Å²) in [5, 5.41) is 15.3. The second-order valence-electron chi connectivity index (χ2n) is 8.24. The van der Waals surface area contributed by atoms with E-state index < -0.39 is 0 Å². The number of phenolic OH excluding ortho intramolecular Hbond substituents is 1. The van der Waals surface area contributed by atoms with Crippen molar-refractivity contribution >= 4 is 16.7 Å². The average Bonchev–Trinajstić information content (AvgIpc) is 2.73. The Morgan fingerprint density at radius 1 is 0.828 bits per heavy atom. The molecule has 0 saturated carbocycles. The molecule has 4 heteroatoms. The van der Waals surface area contributed by atoms with Gasteiger partial charge in [0.2, 0.25) is 0 Å². The molecular weight excluding hydrogens is 358 g/mol. The van der Waals surface area contributed by atoms with E-state index in [9.17, 15) is 5.11 Å². The van der Waals surface area contributed by atoms with Gasteiger partial charge in [0.15, 0.2) is 0 Å². The number of benzene rings is 2. The number of anilines is 1. The molecule has 1 unspecified atom stereocenters. The van der Waals surface area contributed by atoms with E-state index >= 15 is 0 Å². The number of nitrogens with zero attached hydrogens (tertiary/aromatic N) is 2. The van der Waals surface area contributed by atoms with Crippen LogP contribution >= 0.6 is 0 Å². The van der Waals surface area contributed by atoms with Crippen LogP contribution in [0.3, 0.4) is 0 Å². The summed E-state index contributed by atoms with van der Waals surface area (Å²) in [5.74, 6) is 0.993. The number of phenols is 1. The van der Waals surface area contributed by atoms with Crippen molar-refractivity contribution in [2.75, 3.05) is 5.32 Å². The van der Waals surface area contributed by atoms with Crippen LogP contribution in [0.1, 0.15) is 43.5 Å². The monoisotopic (exact) mass is 383 g/mol. The second-order valence-corrected chi connectivity index (χ2v) is 8.24. The number of aromatic hydroxyl groups is 1. The SMILES string of the molecule is CC(C)(C)c1ccc(C(Nc2ccccn2)c2ccc3ncccc3c2O)cc1. The first-order chi connectivity index (χ1) is 13.9. The summed E-state index contributed by atoms with van der Waals surface area (Å²) in [7, 11) is 0. The van der Waals surface area contributed by atoms with Gasteiger partial charge in [-0.1, -0.05) is 57.2 Å². The molecule has 0 aliphatic heterocycles. The van der Waals surface area contributed by atoms with Gasteiger partial charge in [-0.2, -0.15) is 0 Å². The zero-order chi connectivity index (χ0) is 20.4. The van der Waals surface area contributed by atoms with Gasteiger partial charge in [0.25, 0.3) is 0 Å². The molecule has 146 valence electrons. The maximum Gasteiger partial charge on any atom is 0.130 e. The van der Waals surface area contributed by atoms with Crippen molar-refractivity contribution in [3.63, 3.8) is 0 Å². The Morgan fingerprint density at radius 3 is 2.28 bits per heavy atom. The van der Waals surface area contributed by atoms with E-state index in [0.717, 1.165) is 27.8 Å². The van der Waals surface area contributed by atoms with Crippen LogP contribution in [0.2, 0.25) is 0 Å². The molecule has 0 aliphatic rings. The van der Waals surface area contributed by atoms with E-state index in [1.54, 1.807) is 12.4 Å². The number of aromatic nitrogens is 2. The smallest absolute Gasteiger partial charge is 0.130 e. The Bertz CT molecular complexity index is 1120. The predicted octanol–water partition coefficient (Wildman–Crippen LogP) is 5.83. The third-order valence-electron chi connectivity index (χ3n) is 5.17. The molecule has 1 atom stereocenters. The molecule has 4 aromatic rings. The largest absolute Gasteiger partial charge is 0.507 e. The van der Waals surface area contributed by atoms with Gasteiger partial charge in [-0.3, -0.25) is 4.98 Å². The van der Waals surface area contributed by atoms with Crippen LogP contribution in [0.15, 0.2) is 79.1 Å². The standard InChI is InChI=1S/C25H25N3O/c1-25(2,3)18-11-9-17(10-12-18)23(28-22-8-4-5-15-27-22)20-13-14-21-19(24(20)29)7-6-16-26-21/h4-16,23,29H,1-3H3,(H,27,28). The molecule has 4 nitrogen and oxygen atoms in total. The number of fused-ring (bicyclic) bond motifs is 1. The van der Waals surface area contributed by atoms with E-state index in [0.29, 0.717) is 0 Å². The summed E-state index contributed by atoms with van der Waals surface area (Å²) < 4.78 is 0. The summed E-state index contributed by atoms with van der Waals surface area (Å²) in [6.45, 7) is 6.61. The van der Waals surface area contributed by atoms with Gasteiger partial charge in [-0.25, -0.2) is 4.98 Å². The first kappa shape index (κ1) is 18.9. The van der Waals surface area contributed by atoms with Crippen molar-refractivity contribution in [3.05, 3.63) is 95.8 Å². The highest BCUT2D eigenvalue weighted by atomic mass is 16.3. The van der Waals surface area contributed by atoms with Crippen LogP contribution in [0.5, 0.6) is 5.75 Å². The fourth-order valence-electron chi connectivity index (χ4n) is 3.50. The van der Waals surface area contributed by atoms with Crippen LogP contribution < -0.4 is 5.32 Å². The Balaban J connectivity index is 1.82. The van der Waals surface area contributed by atoms with E-state index in [-0.39, 0.29) is 17.2 Å². The maximum absolute atomic E-state index is 11.0. The lowest BCUT2D eigenvalue weighted by Crippen LogP contribution is -2.15. The molecule has 0 spiro atoms. The number of hydrogen-bond donors (Lipinski definition) is 2. The van der Waals surface area contributed by atoms with Gasteiger partial charge < -0.3 is 10.4 Å². The zero-order valence-electron chi connectivity index (χ0n) is 16.9. The molecule has 0 amide bonds. The normalized spacial score (nSPS) is 12.7. The fourth-order valence-corrected chi connectivity index (χ4v) is 3.50. The molecular formula is C25H25N3O. The Hall–Kier alpha value is -3.40. The van der Waals surface area contributed by atoms with Crippen LogP contribution in [-0.4, -0.2) is 15.1 Å². The number of pyridine rings is 2. The van der Waals surface area contributed by atoms with Crippen LogP contribution in [0.25, 0.3) is 10.9 Å². The summed E-state index contributed by atoms with van der Waals surface area (Å²) in [6.07, 6.45) is 3.49. The molecule has 0 fully saturated rings. The van der Waals surface area contributed by atoms with Gasteiger partial charge in [0.1, 0.15) is 11.6 Å². The molecule has 2 N–H and O–H groups in total. The van der Waals surface area contributed by atoms with Crippen molar-refractivity contribution < 1.29 is 5.11 Å². The average molecular weight is 383 g/mol. The minimum Gasteiger partial charge on any atom is -0.507 e. The van der Waals surface area contributed by atoms with Gasteiger partial charge >= 0.3 is 0 Å². The third kappa shape index (κ3) is 3.92. The molecule has 2 aromatic carbocycles. The number of hydrogen-bond acceptors (Lipinski definition) is 4. The lowest BCUT2D eigenvalue weighted by Gasteiger charge is -2.24. The van der Waals surface area contributed by atoms with Gasteiger partial charge in [0, 0.05) is 23.3 Å². The topological polar surface area (TPSA) is 58.0 Å². The molecule has 0 radical (unpaired) electrons. The van der Waals surface area contributed by atoms with Crippen molar-refractivity contribution in [2.24, 2.45) is 0 Å². The Morgan fingerprint density at radius 2 is 1.59 bits per heavy atom. The highest BCUT2D eigenvalue weighted by Gasteiger charge is 2.21. The third-order valence-corrected chi connectivity index (χ3v) is 5.17. The first-order valence-corrected chi connectivity index (χ1v) is 9.78. The predicted molar refractivity (Wildman–Crippen MR) is 118 cm³/mol. The Labute approximate surface area is 171 Å². The van der Waals surface area contributed by atoms with E-state index in [2.05, 4.69) is 60.3 Å². The van der Waals surface area contributed by atoms with Gasteiger partial charge in [0.05, 0.1) is 11.6 Å². The minimum absolute atomic E-state index is 0.0825. The summed E-state index contributed by atoms with van der Waals surface area (Å²) in [6, 6.07) is 21.7. The molecule has 0 bridgehead atoms.